The molecule has 1 aliphatic rings. The van der Waals surface area contributed by atoms with Gasteiger partial charge in [-0.3, -0.25) is 0 Å². The average Bonchev–Trinajstić information content (AvgIpc) is 2.73. The van der Waals surface area contributed by atoms with Crippen LogP contribution in [0.4, 0.5) is 0 Å². The van der Waals surface area contributed by atoms with Crippen LogP contribution < -0.4 is 9.47 Å². The molecule has 6 nitrogen and oxygen atoms in total. The standard InChI is InChI=1S/C23H21NO5/c1-28-18-11-13(12-19(29-2)22(18)25)10-14-6-5-8-16-20(23(26)27)15-7-3-4-9-17(15)24-21(14)16/h3-4,7,9-12,25H,5-6,8H2,1-2H3,(H,26,27). The van der Waals surface area contributed by atoms with Gasteiger partial charge in [0.15, 0.2) is 11.5 Å². The van der Waals surface area contributed by atoms with Crippen molar-refractivity contribution in [2.75, 3.05) is 14.2 Å². The molecule has 29 heavy (non-hydrogen) atoms. The van der Waals surface area contributed by atoms with Gasteiger partial charge in [0.05, 0.1) is 31.0 Å². The number of methoxy groups -OCH3 is 2. The normalized spacial score (nSPS) is 14.6. The van der Waals surface area contributed by atoms with Crippen LogP contribution in [0, 0.1) is 0 Å². The van der Waals surface area contributed by atoms with Gasteiger partial charge in [-0.2, -0.15) is 0 Å². The maximum atomic E-state index is 12.0. The minimum absolute atomic E-state index is 0.0570. The number of phenolic OH excluding ortho intramolecular Hbond substituents is 1. The van der Waals surface area contributed by atoms with Crippen molar-refractivity contribution in [3.8, 4) is 17.2 Å². The Morgan fingerprint density at radius 2 is 1.79 bits per heavy atom. The lowest BCUT2D eigenvalue weighted by Gasteiger charge is -2.21. The molecule has 4 rings (SSSR count). The Morgan fingerprint density at radius 3 is 2.45 bits per heavy atom. The number of aromatic nitrogens is 1. The number of benzene rings is 2. The number of rotatable bonds is 4. The number of nitrogens with zero attached hydrogens (tertiary/aromatic N) is 1. The minimum Gasteiger partial charge on any atom is -0.502 e. The summed E-state index contributed by atoms with van der Waals surface area (Å²) in [4.78, 5) is 16.8. The lowest BCUT2D eigenvalue weighted by molar-refractivity contribution is 0.0697. The van der Waals surface area contributed by atoms with Crippen molar-refractivity contribution in [3.63, 3.8) is 0 Å². The fourth-order valence-electron chi connectivity index (χ4n) is 3.92. The molecule has 148 valence electrons. The lowest BCUT2D eigenvalue weighted by Crippen LogP contribution is -2.13. The quantitative estimate of drug-likeness (QED) is 0.679. The first kappa shape index (κ1) is 18.8. The summed E-state index contributed by atoms with van der Waals surface area (Å²) in [5.41, 5.74) is 4.22. The summed E-state index contributed by atoms with van der Waals surface area (Å²) in [6.07, 6.45) is 4.25. The van der Waals surface area contributed by atoms with E-state index in [9.17, 15) is 15.0 Å². The van der Waals surface area contributed by atoms with E-state index in [0.717, 1.165) is 35.2 Å². The third kappa shape index (κ3) is 3.27. The number of aromatic hydroxyl groups is 1. The third-order valence-electron chi connectivity index (χ3n) is 5.23. The highest BCUT2D eigenvalue weighted by Gasteiger charge is 2.25. The van der Waals surface area contributed by atoms with Crippen LogP contribution in [0.2, 0.25) is 0 Å². The molecule has 0 radical (unpaired) electrons. The molecule has 3 aromatic rings. The number of pyridine rings is 1. The van der Waals surface area contributed by atoms with E-state index in [1.165, 1.54) is 14.2 Å². The van der Waals surface area contributed by atoms with E-state index in [1.54, 1.807) is 18.2 Å². The summed E-state index contributed by atoms with van der Waals surface area (Å²) in [6.45, 7) is 0. The highest BCUT2D eigenvalue weighted by atomic mass is 16.5. The summed E-state index contributed by atoms with van der Waals surface area (Å²) in [5.74, 6) is -0.373. The zero-order valence-electron chi connectivity index (χ0n) is 16.2. The molecule has 0 atom stereocenters. The number of carboxylic acids is 1. The van der Waals surface area contributed by atoms with Gasteiger partial charge in [0.25, 0.3) is 0 Å². The van der Waals surface area contributed by atoms with E-state index >= 15 is 0 Å². The van der Waals surface area contributed by atoms with Crippen LogP contribution in [0.5, 0.6) is 17.2 Å². The van der Waals surface area contributed by atoms with E-state index in [4.69, 9.17) is 14.5 Å². The third-order valence-corrected chi connectivity index (χ3v) is 5.23. The first-order valence-corrected chi connectivity index (χ1v) is 9.34. The number of hydrogen-bond acceptors (Lipinski definition) is 5. The largest absolute Gasteiger partial charge is 0.502 e. The Labute approximate surface area is 168 Å². The monoisotopic (exact) mass is 391 g/mol. The van der Waals surface area contributed by atoms with E-state index < -0.39 is 5.97 Å². The number of fused-ring (bicyclic) bond motifs is 2. The van der Waals surface area contributed by atoms with E-state index in [1.807, 2.05) is 24.3 Å². The van der Waals surface area contributed by atoms with Gasteiger partial charge in [-0.15, -0.1) is 0 Å². The van der Waals surface area contributed by atoms with Crippen LogP contribution in [0.25, 0.3) is 22.6 Å². The summed E-state index contributed by atoms with van der Waals surface area (Å²) in [5, 5.41) is 20.7. The maximum Gasteiger partial charge on any atom is 0.336 e. The molecule has 0 saturated heterocycles. The number of ether oxygens (including phenoxy) is 2. The van der Waals surface area contributed by atoms with Crippen LogP contribution in [-0.4, -0.2) is 35.4 Å². The van der Waals surface area contributed by atoms with Gasteiger partial charge in [0.2, 0.25) is 5.75 Å². The number of aromatic carboxylic acids is 1. The zero-order chi connectivity index (χ0) is 20.5. The van der Waals surface area contributed by atoms with Crippen LogP contribution in [0.15, 0.2) is 36.4 Å². The Morgan fingerprint density at radius 1 is 1.10 bits per heavy atom. The van der Waals surface area contributed by atoms with Crippen LogP contribution in [0.3, 0.4) is 0 Å². The minimum atomic E-state index is -0.936. The number of hydrogen-bond donors (Lipinski definition) is 2. The number of carbonyl (C=O) groups is 1. The van der Waals surface area contributed by atoms with Crippen molar-refractivity contribution >= 4 is 28.5 Å². The topological polar surface area (TPSA) is 88.9 Å². The van der Waals surface area contributed by atoms with Gasteiger partial charge in [0, 0.05) is 5.39 Å². The smallest absolute Gasteiger partial charge is 0.336 e. The van der Waals surface area contributed by atoms with Crippen molar-refractivity contribution in [1.82, 2.24) is 4.98 Å². The van der Waals surface area contributed by atoms with Gasteiger partial charge in [-0.05, 0) is 60.2 Å². The van der Waals surface area contributed by atoms with E-state index in [2.05, 4.69) is 0 Å². The molecule has 0 fully saturated rings. The van der Waals surface area contributed by atoms with Crippen molar-refractivity contribution in [2.24, 2.45) is 0 Å². The molecular weight excluding hydrogens is 370 g/mol. The molecule has 0 spiro atoms. The molecule has 0 bridgehead atoms. The molecule has 0 aliphatic heterocycles. The summed E-state index contributed by atoms with van der Waals surface area (Å²) in [7, 11) is 2.96. The van der Waals surface area contributed by atoms with Crippen molar-refractivity contribution in [3.05, 3.63) is 58.8 Å². The maximum absolute atomic E-state index is 12.0. The molecule has 1 heterocycles. The van der Waals surface area contributed by atoms with Crippen molar-refractivity contribution in [1.29, 1.82) is 0 Å². The van der Waals surface area contributed by atoms with Gasteiger partial charge >= 0.3 is 5.97 Å². The number of para-hydroxylation sites is 1. The summed E-state index contributed by atoms with van der Waals surface area (Å²) >= 11 is 0. The molecule has 0 saturated carbocycles. The lowest BCUT2D eigenvalue weighted by atomic mass is 9.86. The van der Waals surface area contributed by atoms with Crippen LogP contribution >= 0.6 is 0 Å². The second-order valence-corrected chi connectivity index (χ2v) is 6.93. The zero-order valence-corrected chi connectivity index (χ0v) is 16.2. The van der Waals surface area contributed by atoms with Crippen molar-refractivity contribution < 1.29 is 24.5 Å². The predicted molar refractivity (Wildman–Crippen MR) is 111 cm³/mol. The second-order valence-electron chi connectivity index (χ2n) is 6.93. The fourth-order valence-corrected chi connectivity index (χ4v) is 3.92. The second kappa shape index (κ2) is 7.47. The van der Waals surface area contributed by atoms with E-state index in [0.29, 0.717) is 34.4 Å². The van der Waals surface area contributed by atoms with Gasteiger partial charge < -0.3 is 19.7 Å². The Bertz CT molecular complexity index is 1120. The molecule has 2 aromatic carbocycles. The van der Waals surface area contributed by atoms with Crippen LogP contribution in [0.1, 0.15) is 40.0 Å². The fraction of sp³-hybridized carbons (Fsp3) is 0.217. The Kier molecular flexibility index (Phi) is 4.84. The first-order valence-electron chi connectivity index (χ1n) is 9.34. The molecule has 6 heteroatoms. The first-order chi connectivity index (χ1) is 14.0. The highest BCUT2D eigenvalue weighted by Crippen LogP contribution is 2.40. The predicted octanol–water partition coefficient (Wildman–Crippen LogP) is 4.53. The average molecular weight is 391 g/mol. The van der Waals surface area contributed by atoms with Crippen molar-refractivity contribution in [2.45, 2.75) is 19.3 Å². The highest BCUT2D eigenvalue weighted by molar-refractivity contribution is 6.05. The van der Waals surface area contributed by atoms with Gasteiger partial charge in [-0.1, -0.05) is 18.2 Å². The molecular formula is C23H21NO5. The molecule has 1 aromatic heterocycles. The molecule has 0 unspecified atom stereocenters. The Balaban J connectivity index is 1.93. The SMILES string of the molecule is COc1cc(C=C2CCCc3c2nc2ccccc2c3C(=O)O)cc(OC)c1O. The number of carboxylic acid groups (broad SMARTS) is 1. The van der Waals surface area contributed by atoms with E-state index in [-0.39, 0.29) is 5.75 Å². The Hall–Kier alpha value is -3.54. The molecule has 0 amide bonds. The number of phenols is 1. The van der Waals surface area contributed by atoms with Gasteiger partial charge in [0.1, 0.15) is 0 Å². The molecule has 1 aliphatic carbocycles. The summed E-state index contributed by atoms with van der Waals surface area (Å²) < 4.78 is 10.5. The molecule has 2 N–H and O–H groups in total. The number of allylic oxidation sites excluding steroid dienone is 1. The van der Waals surface area contributed by atoms with Crippen LogP contribution in [-0.2, 0) is 6.42 Å². The summed E-state index contributed by atoms with van der Waals surface area (Å²) in [6, 6.07) is 10.8. The van der Waals surface area contributed by atoms with Gasteiger partial charge in [-0.25, -0.2) is 9.78 Å².